The van der Waals surface area contributed by atoms with Crippen molar-refractivity contribution < 1.29 is 9.59 Å². The van der Waals surface area contributed by atoms with Crippen LogP contribution in [0.3, 0.4) is 0 Å². The lowest BCUT2D eigenvalue weighted by molar-refractivity contribution is -0.120. The largest absolute Gasteiger partial charge is 0.352 e. The van der Waals surface area contributed by atoms with Gasteiger partial charge in [0, 0.05) is 18.8 Å². The third-order valence-corrected chi connectivity index (χ3v) is 6.84. The van der Waals surface area contributed by atoms with E-state index in [9.17, 15) is 9.59 Å². The molecule has 162 valence electrons. The SMILES string of the molecule is Cc1ccc(NC(=O)Cc2nnc(SCC(=O)N[C@H]3CCCC[C@@H]3C)n2C)cc1C. The molecule has 1 aromatic carbocycles. The maximum Gasteiger partial charge on any atom is 0.232 e. The number of rotatable bonds is 7. The summed E-state index contributed by atoms with van der Waals surface area (Å²) in [7, 11) is 1.82. The van der Waals surface area contributed by atoms with Crippen LogP contribution in [-0.4, -0.2) is 38.4 Å². The number of hydrogen-bond donors (Lipinski definition) is 2. The Labute approximate surface area is 182 Å². The third-order valence-electron chi connectivity index (χ3n) is 5.82. The van der Waals surface area contributed by atoms with E-state index in [0.29, 0.717) is 22.7 Å². The lowest BCUT2D eigenvalue weighted by Crippen LogP contribution is -2.41. The molecule has 2 aromatic rings. The molecule has 0 saturated heterocycles. The summed E-state index contributed by atoms with van der Waals surface area (Å²) in [6, 6.07) is 6.11. The number of carbonyl (C=O) groups is 2. The van der Waals surface area contributed by atoms with Crippen molar-refractivity contribution in [2.45, 2.75) is 64.1 Å². The van der Waals surface area contributed by atoms with Crippen LogP contribution in [-0.2, 0) is 23.1 Å². The standard InChI is InChI=1S/C22H31N5O2S/c1-14-9-10-17(11-16(14)3)23-20(28)12-19-25-26-22(27(19)4)30-13-21(29)24-18-8-6-5-7-15(18)2/h9-11,15,18H,5-8,12-13H2,1-4H3,(H,23,28)(H,24,29)/t15-,18-/m0/s1. The van der Waals surface area contributed by atoms with Gasteiger partial charge in [-0.3, -0.25) is 9.59 Å². The lowest BCUT2D eigenvalue weighted by atomic mass is 9.86. The number of aromatic nitrogens is 3. The zero-order chi connectivity index (χ0) is 21.7. The molecule has 30 heavy (non-hydrogen) atoms. The van der Waals surface area contributed by atoms with Crippen LogP contribution in [0.4, 0.5) is 5.69 Å². The van der Waals surface area contributed by atoms with Crippen LogP contribution in [0, 0.1) is 19.8 Å². The van der Waals surface area contributed by atoms with Gasteiger partial charge < -0.3 is 15.2 Å². The van der Waals surface area contributed by atoms with Gasteiger partial charge in [0.2, 0.25) is 11.8 Å². The van der Waals surface area contributed by atoms with Crippen molar-refractivity contribution in [2.24, 2.45) is 13.0 Å². The Balaban J connectivity index is 1.50. The molecule has 1 fully saturated rings. The number of nitrogens with zero attached hydrogens (tertiary/aromatic N) is 3. The van der Waals surface area contributed by atoms with Crippen LogP contribution in [0.2, 0.25) is 0 Å². The maximum atomic E-state index is 12.4. The smallest absolute Gasteiger partial charge is 0.232 e. The van der Waals surface area contributed by atoms with E-state index in [2.05, 4.69) is 27.8 Å². The molecule has 0 aliphatic heterocycles. The highest BCUT2D eigenvalue weighted by molar-refractivity contribution is 7.99. The topological polar surface area (TPSA) is 88.9 Å². The zero-order valence-corrected chi connectivity index (χ0v) is 19.0. The van der Waals surface area contributed by atoms with E-state index in [-0.39, 0.29) is 24.3 Å². The molecule has 0 bridgehead atoms. The fourth-order valence-electron chi connectivity index (χ4n) is 3.70. The minimum absolute atomic E-state index is 0.0239. The number of benzene rings is 1. The zero-order valence-electron chi connectivity index (χ0n) is 18.2. The van der Waals surface area contributed by atoms with Gasteiger partial charge in [0.25, 0.3) is 0 Å². The van der Waals surface area contributed by atoms with Crippen molar-refractivity contribution >= 4 is 29.3 Å². The van der Waals surface area contributed by atoms with Crippen molar-refractivity contribution in [3.8, 4) is 0 Å². The first-order chi connectivity index (χ1) is 14.3. The van der Waals surface area contributed by atoms with Crippen molar-refractivity contribution in [1.82, 2.24) is 20.1 Å². The monoisotopic (exact) mass is 429 g/mol. The molecular formula is C22H31N5O2S. The Bertz CT molecular complexity index is 911. The van der Waals surface area contributed by atoms with Crippen molar-refractivity contribution in [3.05, 3.63) is 35.2 Å². The van der Waals surface area contributed by atoms with Gasteiger partial charge in [-0.25, -0.2) is 0 Å². The second-order valence-electron chi connectivity index (χ2n) is 8.21. The van der Waals surface area contributed by atoms with Crippen LogP contribution >= 0.6 is 11.8 Å². The van der Waals surface area contributed by atoms with Gasteiger partial charge in [0.15, 0.2) is 5.16 Å². The molecule has 7 nitrogen and oxygen atoms in total. The lowest BCUT2D eigenvalue weighted by Gasteiger charge is -2.29. The van der Waals surface area contributed by atoms with Gasteiger partial charge in [-0.2, -0.15) is 0 Å². The summed E-state index contributed by atoms with van der Waals surface area (Å²) >= 11 is 1.35. The molecular weight excluding hydrogens is 398 g/mol. The van der Waals surface area contributed by atoms with Crippen LogP contribution in [0.1, 0.15) is 49.6 Å². The van der Waals surface area contributed by atoms with E-state index in [1.54, 1.807) is 4.57 Å². The molecule has 8 heteroatoms. The first-order valence-corrected chi connectivity index (χ1v) is 11.5. The molecule has 1 heterocycles. The number of hydrogen-bond acceptors (Lipinski definition) is 5. The predicted molar refractivity (Wildman–Crippen MR) is 120 cm³/mol. The second kappa shape index (κ2) is 10.1. The average Bonchev–Trinajstić information content (AvgIpc) is 3.04. The Morgan fingerprint density at radius 1 is 1.13 bits per heavy atom. The summed E-state index contributed by atoms with van der Waals surface area (Å²) in [6.07, 6.45) is 4.79. The Hall–Kier alpha value is -2.35. The number of aryl methyl sites for hydroxylation is 2. The van der Waals surface area contributed by atoms with Gasteiger partial charge >= 0.3 is 0 Å². The van der Waals surface area contributed by atoms with Gasteiger partial charge in [-0.15, -0.1) is 10.2 Å². The highest BCUT2D eigenvalue weighted by Gasteiger charge is 2.23. The van der Waals surface area contributed by atoms with E-state index in [1.807, 2.05) is 39.1 Å². The quantitative estimate of drug-likeness (QED) is 0.659. The highest BCUT2D eigenvalue weighted by Crippen LogP contribution is 2.24. The summed E-state index contributed by atoms with van der Waals surface area (Å²) in [4.78, 5) is 24.7. The molecule has 1 aromatic heterocycles. The minimum Gasteiger partial charge on any atom is -0.352 e. The van der Waals surface area contributed by atoms with E-state index in [1.165, 1.54) is 36.6 Å². The fourth-order valence-corrected chi connectivity index (χ4v) is 4.44. The normalized spacial score (nSPS) is 18.8. The maximum absolute atomic E-state index is 12.4. The van der Waals surface area contributed by atoms with E-state index >= 15 is 0 Å². The van der Waals surface area contributed by atoms with Crippen LogP contribution in [0.15, 0.2) is 23.4 Å². The Kier molecular flexibility index (Phi) is 7.53. The molecule has 0 unspecified atom stereocenters. The van der Waals surface area contributed by atoms with Crippen molar-refractivity contribution in [1.29, 1.82) is 0 Å². The molecule has 2 atom stereocenters. The Morgan fingerprint density at radius 2 is 1.90 bits per heavy atom. The number of nitrogens with one attached hydrogen (secondary N) is 2. The van der Waals surface area contributed by atoms with Gasteiger partial charge in [0.05, 0.1) is 12.2 Å². The van der Waals surface area contributed by atoms with E-state index < -0.39 is 0 Å². The first-order valence-electron chi connectivity index (χ1n) is 10.5. The molecule has 3 rings (SSSR count). The summed E-state index contributed by atoms with van der Waals surface area (Å²) in [5, 5.41) is 15.0. The van der Waals surface area contributed by atoms with E-state index in [4.69, 9.17) is 0 Å². The average molecular weight is 430 g/mol. The van der Waals surface area contributed by atoms with Gasteiger partial charge in [-0.1, -0.05) is 37.6 Å². The number of carbonyl (C=O) groups excluding carboxylic acids is 2. The first kappa shape index (κ1) is 22.3. The molecule has 1 saturated carbocycles. The number of thioether (sulfide) groups is 1. The van der Waals surface area contributed by atoms with Gasteiger partial charge in [0.1, 0.15) is 5.82 Å². The molecule has 2 N–H and O–H groups in total. The Morgan fingerprint density at radius 3 is 2.63 bits per heavy atom. The molecule has 0 radical (unpaired) electrons. The van der Waals surface area contributed by atoms with Crippen LogP contribution < -0.4 is 10.6 Å². The predicted octanol–water partition coefficient (Wildman–Crippen LogP) is 3.40. The summed E-state index contributed by atoms with van der Waals surface area (Å²) in [5.41, 5.74) is 3.09. The molecule has 1 aliphatic carbocycles. The van der Waals surface area contributed by atoms with Crippen molar-refractivity contribution in [3.63, 3.8) is 0 Å². The highest BCUT2D eigenvalue weighted by atomic mass is 32.2. The minimum atomic E-state index is -0.144. The van der Waals surface area contributed by atoms with Gasteiger partial charge in [-0.05, 0) is 55.9 Å². The third kappa shape index (κ3) is 5.84. The molecule has 2 amide bonds. The summed E-state index contributed by atoms with van der Waals surface area (Å²) < 4.78 is 1.78. The second-order valence-corrected chi connectivity index (χ2v) is 9.15. The van der Waals surface area contributed by atoms with Crippen LogP contribution in [0.25, 0.3) is 0 Å². The van der Waals surface area contributed by atoms with Crippen LogP contribution in [0.5, 0.6) is 0 Å². The fraction of sp³-hybridized carbons (Fsp3) is 0.545. The summed E-state index contributed by atoms with van der Waals surface area (Å²) in [6.45, 7) is 6.26. The number of anilines is 1. The summed E-state index contributed by atoms with van der Waals surface area (Å²) in [5.74, 6) is 1.28. The van der Waals surface area contributed by atoms with E-state index in [0.717, 1.165) is 17.7 Å². The number of amides is 2. The molecule has 1 aliphatic rings. The molecule has 0 spiro atoms. The van der Waals surface area contributed by atoms with Crippen molar-refractivity contribution in [2.75, 3.05) is 11.1 Å².